The maximum Gasteiger partial charge on any atom is 0.254 e. The lowest BCUT2D eigenvalue weighted by Crippen LogP contribution is -2.46. The lowest BCUT2D eigenvalue weighted by atomic mass is 9.87. The third-order valence-corrected chi connectivity index (χ3v) is 7.71. The van der Waals surface area contributed by atoms with E-state index in [9.17, 15) is 4.79 Å². The molecule has 1 atom stereocenters. The average molecular weight is 418 g/mol. The summed E-state index contributed by atoms with van der Waals surface area (Å²) in [4.78, 5) is 17.6. The van der Waals surface area contributed by atoms with Crippen molar-refractivity contribution in [1.29, 1.82) is 0 Å². The molecular formula is C27H35N3O. The number of hydrogen-bond donors (Lipinski definition) is 1. The number of rotatable bonds is 4. The molecule has 164 valence electrons. The molecule has 2 aromatic rings. The van der Waals surface area contributed by atoms with Crippen LogP contribution in [-0.4, -0.2) is 47.9 Å². The molecule has 0 spiro atoms. The minimum atomic E-state index is 0.235. The summed E-state index contributed by atoms with van der Waals surface area (Å²) < 4.78 is 0. The molecule has 0 aliphatic carbocycles. The Balaban J connectivity index is 1.21. The Kier molecular flexibility index (Phi) is 5.85. The summed E-state index contributed by atoms with van der Waals surface area (Å²) in [7, 11) is 0. The Hall–Kier alpha value is -2.17. The van der Waals surface area contributed by atoms with Crippen LogP contribution in [0.25, 0.3) is 0 Å². The Morgan fingerprint density at radius 3 is 2.58 bits per heavy atom. The summed E-state index contributed by atoms with van der Waals surface area (Å²) in [6.07, 6.45) is 4.69. The molecule has 2 aromatic carbocycles. The highest BCUT2D eigenvalue weighted by Gasteiger charge is 2.34. The average Bonchev–Trinajstić information content (AvgIpc) is 3.13. The van der Waals surface area contributed by atoms with E-state index in [1.165, 1.54) is 40.7 Å². The van der Waals surface area contributed by atoms with Gasteiger partial charge < -0.3 is 10.2 Å². The number of nitrogens with one attached hydrogen (secondary N) is 1. The van der Waals surface area contributed by atoms with Crippen molar-refractivity contribution in [1.82, 2.24) is 15.1 Å². The molecule has 1 N–H and O–H groups in total. The van der Waals surface area contributed by atoms with Crippen molar-refractivity contribution < 1.29 is 4.79 Å². The van der Waals surface area contributed by atoms with E-state index < -0.39 is 0 Å². The van der Waals surface area contributed by atoms with E-state index in [2.05, 4.69) is 65.4 Å². The summed E-state index contributed by atoms with van der Waals surface area (Å²) in [6.45, 7) is 10.5. The van der Waals surface area contributed by atoms with Gasteiger partial charge in [-0.15, -0.1) is 0 Å². The zero-order valence-corrected chi connectivity index (χ0v) is 19.0. The van der Waals surface area contributed by atoms with Crippen LogP contribution in [0.5, 0.6) is 0 Å². The number of benzene rings is 2. The highest BCUT2D eigenvalue weighted by Crippen LogP contribution is 2.33. The molecule has 3 aliphatic heterocycles. The number of aryl methyl sites for hydroxylation is 2. The molecule has 4 heteroatoms. The van der Waals surface area contributed by atoms with Crippen LogP contribution in [-0.2, 0) is 13.1 Å². The smallest absolute Gasteiger partial charge is 0.254 e. The van der Waals surface area contributed by atoms with Crippen LogP contribution >= 0.6 is 0 Å². The van der Waals surface area contributed by atoms with E-state index in [4.69, 9.17) is 0 Å². The predicted molar refractivity (Wildman–Crippen MR) is 125 cm³/mol. The number of amides is 1. The van der Waals surface area contributed by atoms with Gasteiger partial charge in [-0.2, -0.15) is 0 Å². The summed E-state index contributed by atoms with van der Waals surface area (Å²) >= 11 is 0. The molecule has 0 saturated carbocycles. The molecule has 0 aromatic heterocycles. The van der Waals surface area contributed by atoms with Crippen LogP contribution in [0.4, 0.5) is 0 Å². The topological polar surface area (TPSA) is 35.6 Å². The van der Waals surface area contributed by atoms with Crippen molar-refractivity contribution >= 4 is 5.91 Å². The quantitative estimate of drug-likeness (QED) is 0.801. The van der Waals surface area contributed by atoms with Gasteiger partial charge in [0.2, 0.25) is 0 Å². The molecule has 1 unspecified atom stereocenters. The van der Waals surface area contributed by atoms with Crippen molar-refractivity contribution in [2.24, 2.45) is 0 Å². The normalized spacial score (nSPS) is 22.7. The van der Waals surface area contributed by atoms with Crippen molar-refractivity contribution in [2.45, 2.75) is 64.6 Å². The largest absolute Gasteiger partial charge is 0.330 e. The van der Waals surface area contributed by atoms with Gasteiger partial charge in [-0.3, -0.25) is 9.69 Å². The number of likely N-dealkylation sites (tertiary alicyclic amines) is 1. The first kappa shape index (κ1) is 20.7. The number of fused-ring (bicyclic) bond motifs is 1. The number of carbonyl (C=O) groups excluding carboxylic acids is 1. The van der Waals surface area contributed by atoms with Crippen LogP contribution in [0, 0.1) is 13.8 Å². The zero-order valence-electron chi connectivity index (χ0n) is 19.0. The van der Waals surface area contributed by atoms with Crippen LogP contribution in [0.15, 0.2) is 36.4 Å². The fourth-order valence-electron chi connectivity index (χ4n) is 5.60. The van der Waals surface area contributed by atoms with Crippen LogP contribution in [0.2, 0.25) is 0 Å². The van der Waals surface area contributed by atoms with Gasteiger partial charge in [0.05, 0.1) is 0 Å². The Morgan fingerprint density at radius 1 is 1.00 bits per heavy atom. The van der Waals surface area contributed by atoms with E-state index in [0.717, 1.165) is 57.7 Å². The van der Waals surface area contributed by atoms with E-state index >= 15 is 0 Å². The standard InChI is InChI=1S/C27H35N3O/c1-19-5-6-21(14-20(19)2)17-29-12-9-22(10-13-29)23-7-8-26-24(15-23)18-30(27(26)31)25-4-3-11-28-16-25/h5-8,14-15,22,25,28H,3-4,9-13,16-18H2,1-2H3. The lowest BCUT2D eigenvalue weighted by molar-refractivity contribution is 0.0674. The second-order valence-electron chi connectivity index (χ2n) is 9.82. The first-order valence-electron chi connectivity index (χ1n) is 12.0. The van der Waals surface area contributed by atoms with Gasteiger partial charge >= 0.3 is 0 Å². The number of nitrogens with zero attached hydrogens (tertiary/aromatic N) is 2. The minimum Gasteiger partial charge on any atom is -0.330 e. The van der Waals surface area contributed by atoms with E-state index in [1.807, 2.05) is 0 Å². The Bertz CT molecular complexity index is 955. The molecule has 4 nitrogen and oxygen atoms in total. The molecule has 0 radical (unpaired) electrons. The maximum absolute atomic E-state index is 12.9. The third-order valence-electron chi connectivity index (χ3n) is 7.71. The molecule has 1 amide bonds. The molecule has 31 heavy (non-hydrogen) atoms. The molecular weight excluding hydrogens is 382 g/mol. The second-order valence-corrected chi connectivity index (χ2v) is 9.82. The van der Waals surface area contributed by atoms with Crippen molar-refractivity contribution in [2.75, 3.05) is 26.2 Å². The number of hydrogen-bond acceptors (Lipinski definition) is 3. The predicted octanol–water partition coefficient (Wildman–Crippen LogP) is 4.39. The molecule has 0 bridgehead atoms. The van der Waals surface area contributed by atoms with Gasteiger partial charge in [0.15, 0.2) is 0 Å². The monoisotopic (exact) mass is 417 g/mol. The van der Waals surface area contributed by atoms with E-state index in [-0.39, 0.29) is 5.91 Å². The summed E-state index contributed by atoms with van der Waals surface area (Å²) in [5.41, 5.74) is 7.79. The summed E-state index contributed by atoms with van der Waals surface area (Å²) in [5.74, 6) is 0.847. The zero-order chi connectivity index (χ0) is 21.4. The van der Waals surface area contributed by atoms with Gasteiger partial charge in [0.1, 0.15) is 0 Å². The van der Waals surface area contributed by atoms with Crippen molar-refractivity contribution in [3.63, 3.8) is 0 Å². The summed E-state index contributed by atoms with van der Waals surface area (Å²) in [5, 5.41) is 3.45. The van der Waals surface area contributed by atoms with Crippen LogP contribution in [0.3, 0.4) is 0 Å². The van der Waals surface area contributed by atoms with Crippen LogP contribution < -0.4 is 5.32 Å². The number of piperidine rings is 2. The third kappa shape index (κ3) is 4.28. The number of carbonyl (C=O) groups is 1. The van der Waals surface area contributed by atoms with E-state index in [0.29, 0.717) is 12.0 Å². The first-order valence-corrected chi connectivity index (χ1v) is 12.0. The molecule has 2 fully saturated rings. The van der Waals surface area contributed by atoms with E-state index in [1.54, 1.807) is 0 Å². The Labute approximate surface area is 186 Å². The van der Waals surface area contributed by atoms with Gasteiger partial charge in [0.25, 0.3) is 5.91 Å². The van der Waals surface area contributed by atoms with Gasteiger partial charge in [-0.1, -0.05) is 30.3 Å². The van der Waals surface area contributed by atoms with Gasteiger partial charge in [-0.25, -0.2) is 0 Å². The van der Waals surface area contributed by atoms with Gasteiger partial charge in [0, 0.05) is 31.2 Å². The highest BCUT2D eigenvalue weighted by molar-refractivity contribution is 5.98. The molecule has 3 aliphatic rings. The van der Waals surface area contributed by atoms with Gasteiger partial charge in [-0.05, 0) is 99.0 Å². The minimum absolute atomic E-state index is 0.235. The molecule has 2 saturated heterocycles. The van der Waals surface area contributed by atoms with Crippen LogP contribution in [0.1, 0.15) is 69.8 Å². The summed E-state index contributed by atoms with van der Waals surface area (Å²) in [6, 6.07) is 13.9. The SMILES string of the molecule is Cc1ccc(CN2CCC(c3ccc4c(c3)CN(C3CCCNC3)C4=O)CC2)cc1C. The van der Waals surface area contributed by atoms with Crippen molar-refractivity contribution in [3.8, 4) is 0 Å². The first-order chi connectivity index (χ1) is 15.1. The second kappa shape index (κ2) is 8.76. The molecule has 3 heterocycles. The fraction of sp³-hybridized carbons (Fsp3) is 0.519. The molecule has 5 rings (SSSR count). The lowest BCUT2D eigenvalue weighted by Gasteiger charge is -2.32. The fourth-order valence-corrected chi connectivity index (χ4v) is 5.60. The highest BCUT2D eigenvalue weighted by atomic mass is 16.2. The Morgan fingerprint density at radius 2 is 1.84 bits per heavy atom. The van der Waals surface area contributed by atoms with Crippen molar-refractivity contribution in [3.05, 3.63) is 69.8 Å². The maximum atomic E-state index is 12.9.